The maximum absolute atomic E-state index is 4.18. The van der Waals surface area contributed by atoms with Gasteiger partial charge in [0.05, 0.1) is 0 Å². The van der Waals surface area contributed by atoms with Crippen LogP contribution in [0.1, 0.15) is 27.7 Å². The van der Waals surface area contributed by atoms with E-state index in [4.69, 9.17) is 0 Å². The maximum Gasteiger partial charge on any atom is 0.0326 e. The third kappa shape index (κ3) is 5.28. The minimum Gasteiger partial charge on any atom is -0.266 e. The van der Waals surface area contributed by atoms with Crippen LogP contribution in [0, 0.1) is 5.92 Å². The van der Waals surface area contributed by atoms with Crippen LogP contribution in [0.15, 0.2) is 16.8 Å². The molecule has 1 nitrogen and oxygen atoms in total. The molecular formula is C8H15N. The van der Waals surface area contributed by atoms with Crippen molar-refractivity contribution in [3.63, 3.8) is 0 Å². The van der Waals surface area contributed by atoms with Crippen molar-refractivity contribution in [2.75, 3.05) is 0 Å². The van der Waals surface area contributed by atoms with Gasteiger partial charge in [-0.15, -0.1) is 0 Å². The second kappa shape index (κ2) is 4.30. The summed E-state index contributed by atoms with van der Waals surface area (Å²) in [7, 11) is 0. The molecule has 0 aliphatic heterocycles. The largest absolute Gasteiger partial charge is 0.266 e. The summed E-state index contributed by atoms with van der Waals surface area (Å²) in [5, 5.41) is 0. The van der Waals surface area contributed by atoms with Crippen LogP contribution < -0.4 is 0 Å². The van der Waals surface area contributed by atoms with Gasteiger partial charge in [-0.05, 0) is 19.8 Å². The molecule has 1 heteroatoms. The fourth-order valence-electron chi connectivity index (χ4n) is 0.341. The number of allylic oxidation sites excluding steroid dienone is 2. The Balaban J connectivity index is 3.71. The molecule has 0 unspecified atom stereocenters. The molecule has 0 aliphatic rings. The monoisotopic (exact) mass is 125 g/mol. The molecule has 9 heavy (non-hydrogen) atoms. The van der Waals surface area contributed by atoms with Crippen molar-refractivity contribution in [2.24, 2.45) is 10.9 Å². The van der Waals surface area contributed by atoms with Crippen LogP contribution >= 0.6 is 0 Å². The summed E-state index contributed by atoms with van der Waals surface area (Å²) in [4.78, 5) is 4.18. The Morgan fingerprint density at radius 2 is 2.00 bits per heavy atom. The molecule has 0 heterocycles. The van der Waals surface area contributed by atoms with E-state index in [1.807, 2.05) is 26.1 Å². The molecule has 0 fully saturated rings. The summed E-state index contributed by atoms with van der Waals surface area (Å²) in [5.74, 6) is 0.555. The zero-order valence-electron chi connectivity index (χ0n) is 6.68. The number of rotatable bonds is 2. The highest BCUT2D eigenvalue weighted by molar-refractivity contribution is 5.60. The first kappa shape index (κ1) is 8.41. The van der Waals surface area contributed by atoms with Crippen molar-refractivity contribution in [2.45, 2.75) is 27.7 Å². The van der Waals surface area contributed by atoms with E-state index in [-0.39, 0.29) is 0 Å². The van der Waals surface area contributed by atoms with Gasteiger partial charge in [0.2, 0.25) is 0 Å². The van der Waals surface area contributed by atoms with E-state index in [1.54, 1.807) is 0 Å². The molecule has 0 aromatic heterocycles. The normalized spacial score (nSPS) is 13.7. The van der Waals surface area contributed by atoms with Gasteiger partial charge in [-0.2, -0.15) is 0 Å². The minimum absolute atomic E-state index is 0.555. The van der Waals surface area contributed by atoms with Crippen LogP contribution in [0.25, 0.3) is 0 Å². The highest BCUT2D eigenvalue weighted by atomic mass is 14.7. The quantitative estimate of drug-likeness (QED) is 0.503. The fraction of sp³-hybridized carbons (Fsp3) is 0.625. The summed E-state index contributed by atoms with van der Waals surface area (Å²) in [6.45, 7) is 8.23. The molecule has 0 saturated carbocycles. The summed E-state index contributed by atoms with van der Waals surface area (Å²) in [6.07, 6.45) is 3.95. The minimum atomic E-state index is 0.555. The molecule has 0 saturated heterocycles. The first-order chi connectivity index (χ1) is 4.16. The molecule has 0 aromatic rings. The Morgan fingerprint density at radius 1 is 1.44 bits per heavy atom. The molecule has 0 bridgehead atoms. The first-order valence-corrected chi connectivity index (χ1v) is 3.34. The average molecular weight is 125 g/mol. The second-order valence-electron chi connectivity index (χ2n) is 2.45. The number of hydrogen-bond acceptors (Lipinski definition) is 1. The van der Waals surface area contributed by atoms with E-state index in [0.29, 0.717) is 5.92 Å². The van der Waals surface area contributed by atoms with Crippen molar-refractivity contribution >= 4 is 6.21 Å². The SMILES string of the molecule is C/C=C(/C)N=CC(C)C. The predicted octanol–water partition coefficient (Wildman–Crippen LogP) is 2.64. The highest BCUT2D eigenvalue weighted by Crippen LogP contribution is 1.94. The predicted molar refractivity (Wildman–Crippen MR) is 42.8 cm³/mol. The Morgan fingerprint density at radius 3 is 2.33 bits per heavy atom. The lowest BCUT2D eigenvalue weighted by Crippen LogP contribution is -1.86. The molecule has 0 spiro atoms. The van der Waals surface area contributed by atoms with Crippen molar-refractivity contribution in [1.82, 2.24) is 0 Å². The first-order valence-electron chi connectivity index (χ1n) is 3.34. The lowest BCUT2D eigenvalue weighted by atomic mass is 10.2. The smallest absolute Gasteiger partial charge is 0.0326 e. The maximum atomic E-state index is 4.18. The molecule has 0 atom stereocenters. The number of hydrogen-bond donors (Lipinski definition) is 0. The van der Waals surface area contributed by atoms with Crippen LogP contribution in [0.5, 0.6) is 0 Å². The molecule has 0 aromatic carbocycles. The van der Waals surface area contributed by atoms with E-state index in [9.17, 15) is 0 Å². The van der Waals surface area contributed by atoms with Gasteiger partial charge in [-0.25, -0.2) is 0 Å². The van der Waals surface area contributed by atoms with Crippen molar-refractivity contribution in [3.05, 3.63) is 11.8 Å². The van der Waals surface area contributed by atoms with Gasteiger partial charge in [0.25, 0.3) is 0 Å². The average Bonchev–Trinajstić information content (AvgIpc) is 1.83. The second-order valence-corrected chi connectivity index (χ2v) is 2.45. The Bertz CT molecular complexity index is 121. The van der Waals surface area contributed by atoms with Gasteiger partial charge in [0, 0.05) is 11.9 Å². The summed E-state index contributed by atoms with van der Waals surface area (Å²) in [6, 6.07) is 0. The third-order valence-corrected chi connectivity index (χ3v) is 0.994. The lowest BCUT2D eigenvalue weighted by molar-refractivity contribution is 0.904. The van der Waals surface area contributed by atoms with Gasteiger partial charge in [0.1, 0.15) is 0 Å². The van der Waals surface area contributed by atoms with Gasteiger partial charge >= 0.3 is 0 Å². The van der Waals surface area contributed by atoms with E-state index >= 15 is 0 Å². The standard InChI is InChI=1S/C8H15N/c1-5-8(4)9-6-7(2)3/h5-7H,1-4H3/b8-5-,9-6?. The van der Waals surface area contributed by atoms with Crippen LogP contribution in [-0.2, 0) is 0 Å². The molecule has 0 radical (unpaired) electrons. The zero-order chi connectivity index (χ0) is 7.28. The van der Waals surface area contributed by atoms with Gasteiger partial charge in [0.15, 0.2) is 0 Å². The van der Waals surface area contributed by atoms with Crippen LogP contribution in [0.3, 0.4) is 0 Å². The zero-order valence-corrected chi connectivity index (χ0v) is 6.68. The van der Waals surface area contributed by atoms with Crippen molar-refractivity contribution in [1.29, 1.82) is 0 Å². The van der Waals surface area contributed by atoms with Crippen LogP contribution in [-0.4, -0.2) is 6.21 Å². The highest BCUT2D eigenvalue weighted by Gasteiger charge is 1.83. The van der Waals surface area contributed by atoms with E-state index in [2.05, 4.69) is 18.8 Å². The molecule has 0 aliphatic carbocycles. The van der Waals surface area contributed by atoms with E-state index in [1.165, 1.54) is 0 Å². The van der Waals surface area contributed by atoms with Crippen molar-refractivity contribution in [3.8, 4) is 0 Å². The summed E-state index contributed by atoms with van der Waals surface area (Å²) >= 11 is 0. The van der Waals surface area contributed by atoms with Crippen LogP contribution in [0.2, 0.25) is 0 Å². The molecule has 0 rings (SSSR count). The Hall–Kier alpha value is -0.590. The van der Waals surface area contributed by atoms with Gasteiger partial charge in [-0.1, -0.05) is 19.9 Å². The van der Waals surface area contributed by atoms with Crippen LogP contribution in [0.4, 0.5) is 0 Å². The topological polar surface area (TPSA) is 12.4 Å². The van der Waals surface area contributed by atoms with E-state index < -0.39 is 0 Å². The van der Waals surface area contributed by atoms with Crippen molar-refractivity contribution < 1.29 is 0 Å². The fourth-order valence-corrected chi connectivity index (χ4v) is 0.341. The van der Waals surface area contributed by atoms with Gasteiger partial charge in [-0.3, -0.25) is 4.99 Å². The van der Waals surface area contributed by atoms with Gasteiger partial charge < -0.3 is 0 Å². The third-order valence-electron chi connectivity index (χ3n) is 0.994. The molecule has 0 amide bonds. The van der Waals surface area contributed by atoms with E-state index in [0.717, 1.165) is 5.70 Å². The Kier molecular flexibility index (Phi) is 4.02. The molecular weight excluding hydrogens is 110 g/mol. The summed E-state index contributed by atoms with van der Waals surface area (Å²) < 4.78 is 0. The lowest BCUT2D eigenvalue weighted by Gasteiger charge is -1.92. The Labute approximate surface area is 57.5 Å². The molecule has 0 N–H and O–H groups in total. The molecule has 52 valence electrons. The number of nitrogens with zero attached hydrogens (tertiary/aromatic N) is 1. The number of aliphatic imine (C=N–C) groups is 1. The summed E-state index contributed by atoms with van der Waals surface area (Å²) in [5.41, 5.74) is 1.09.